The predicted octanol–water partition coefficient (Wildman–Crippen LogP) is 5.85. The number of alkyl halides is 3. The number of rotatable bonds is 7. The van der Waals surface area contributed by atoms with Gasteiger partial charge in [0.05, 0.1) is 27.9 Å². The molecule has 0 bridgehead atoms. The van der Waals surface area contributed by atoms with Gasteiger partial charge in [-0.25, -0.2) is 18.4 Å². The van der Waals surface area contributed by atoms with Crippen LogP contribution in [0.1, 0.15) is 55.0 Å². The lowest BCUT2D eigenvalue weighted by atomic mass is 10.1. The number of amides is 1. The van der Waals surface area contributed by atoms with Crippen molar-refractivity contribution in [3.8, 4) is 17.1 Å². The summed E-state index contributed by atoms with van der Waals surface area (Å²) in [6.45, 7) is 2.16. The second-order valence-electron chi connectivity index (χ2n) is 8.33. The number of anilines is 1. The van der Waals surface area contributed by atoms with Crippen LogP contribution in [0, 0.1) is 11.6 Å². The minimum Gasteiger partial charge on any atom is -0.480 e. The lowest BCUT2D eigenvalue weighted by Gasteiger charge is -2.20. The summed E-state index contributed by atoms with van der Waals surface area (Å²) in [5, 5.41) is 16.2. The molecule has 4 rings (SSSR count). The lowest BCUT2D eigenvalue weighted by Crippen LogP contribution is -2.32. The maximum atomic E-state index is 15.2. The third kappa shape index (κ3) is 5.29. The van der Waals surface area contributed by atoms with E-state index in [1.165, 1.54) is 23.7 Å². The first kappa shape index (κ1) is 25.8. The van der Waals surface area contributed by atoms with E-state index in [1.807, 2.05) is 0 Å². The quantitative estimate of drug-likeness (QED) is 0.374. The fourth-order valence-electron chi connectivity index (χ4n) is 3.38. The summed E-state index contributed by atoms with van der Waals surface area (Å²) in [6, 6.07) is 5.07. The summed E-state index contributed by atoms with van der Waals surface area (Å²) in [5.74, 6) is -3.78. The first-order chi connectivity index (χ1) is 16.9. The molecule has 0 saturated heterocycles. The van der Waals surface area contributed by atoms with Crippen LogP contribution in [0.2, 0.25) is 5.02 Å². The molecule has 13 heteroatoms. The van der Waals surface area contributed by atoms with Crippen LogP contribution in [-0.2, 0) is 0 Å². The van der Waals surface area contributed by atoms with Gasteiger partial charge in [-0.15, -0.1) is 0 Å². The largest absolute Gasteiger partial charge is 0.480 e. The van der Waals surface area contributed by atoms with E-state index < -0.39 is 52.9 Å². The van der Waals surface area contributed by atoms with Crippen molar-refractivity contribution >= 4 is 23.2 Å². The van der Waals surface area contributed by atoms with Crippen molar-refractivity contribution in [3.63, 3.8) is 0 Å². The second-order valence-corrected chi connectivity index (χ2v) is 8.73. The number of carbonyl (C=O) groups is 1. The molecule has 1 heterocycles. The summed E-state index contributed by atoms with van der Waals surface area (Å²) in [7, 11) is 0. The summed E-state index contributed by atoms with van der Waals surface area (Å²) < 4.78 is 75.5. The number of hydrogen-bond acceptors (Lipinski definition) is 5. The third-order valence-corrected chi connectivity index (χ3v) is 5.76. The summed E-state index contributed by atoms with van der Waals surface area (Å²) in [5.41, 5.74) is -1.42. The number of carbonyl (C=O) groups excluding carboxylic acids is 1. The normalized spacial score (nSPS) is 15.5. The first-order valence-corrected chi connectivity index (χ1v) is 11.2. The monoisotopic (exact) mass is 530 g/mol. The SMILES string of the molecule is C[C@H](Oc1cc(-c2nc([C@@H](C)O)n(C3CC3)n2)c(F)cc1C(=O)Nc1c(F)cccc1Cl)C(F)(F)F. The Balaban J connectivity index is 1.79. The van der Waals surface area contributed by atoms with E-state index in [1.54, 1.807) is 0 Å². The van der Waals surface area contributed by atoms with Crippen molar-refractivity contribution in [2.75, 3.05) is 5.32 Å². The molecule has 2 N–H and O–H groups in total. The Bertz CT molecular complexity index is 1270. The topological polar surface area (TPSA) is 89.3 Å². The maximum absolute atomic E-state index is 15.2. The zero-order valence-electron chi connectivity index (χ0n) is 18.9. The van der Waals surface area contributed by atoms with Crippen LogP contribution in [0.25, 0.3) is 11.4 Å². The van der Waals surface area contributed by atoms with E-state index in [9.17, 15) is 27.5 Å². The third-order valence-electron chi connectivity index (χ3n) is 5.44. The zero-order valence-corrected chi connectivity index (χ0v) is 19.7. The van der Waals surface area contributed by atoms with E-state index in [-0.39, 0.29) is 28.3 Å². The molecule has 1 aromatic heterocycles. The van der Waals surface area contributed by atoms with Gasteiger partial charge in [0.1, 0.15) is 23.5 Å². The molecule has 0 aliphatic heterocycles. The number of nitrogens with zero attached hydrogens (tertiary/aromatic N) is 3. The predicted molar refractivity (Wildman–Crippen MR) is 120 cm³/mol. The number of aliphatic hydroxyl groups excluding tert-OH is 1. The summed E-state index contributed by atoms with van der Waals surface area (Å²) in [4.78, 5) is 17.0. The number of benzene rings is 2. The highest BCUT2D eigenvalue weighted by atomic mass is 35.5. The number of hydrogen-bond donors (Lipinski definition) is 2. The molecule has 1 aliphatic rings. The molecule has 1 saturated carbocycles. The molecular weight excluding hydrogens is 511 g/mol. The Morgan fingerprint density at radius 1 is 1.22 bits per heavy atom. The fraction of sp³-hybridized carbons (Fsp3) is 0.348. The first-order valence-electron chi connectivity index (χ1n) is 10.8. The van der Waals surface area contributed by atoms with Crippen LogP contribution < -0.4 is 10.1 Å². The van der Waals surface area contributed by atoms with Gasteiger partial charge in [-0.3, -0.25) is 4.79 Å². The van der Waals surface area contributed by atoms with Crippen molar-refractivity contribution < 1.29 is 36.6 Å². The molecule has 0 unspecified atom stereocenters. The fourth-order valence-corrected chi connectivity index (χ4v) is 3.59. The highest BCUT2D eigenvalue weighted by molar-refractivity contribution is 6.34. The second kappa shape index (κ2) is 9.66. The van der Waals surface area contributed by atoms with Crippen LogP contribution in [0.15, 0.2) is 30.3 Å². The average molecular weight is 531 g/mol. The lowest BCUT2D eigenvalue weighted by molar-refractivity contribution is -0.189. The molecule has 7 nitrogen and oxygen atoms in total. The highest BCUT2D eigenvalue weighted by Gasteiger charge is 2.39. The Labute approximate surface area is 206 Å². The molecule has 36 heavy (non-hydrogen) atoms. The van der Waals surface area contributed by atoms with Crippen molar-refractivity contribution in [2.45, 2.75) is 51.1 Å². The molecule has 0 spiro atoms. The van der Waals surface area contributed by atoms with Crippen LogP contribution in [-0.4, -0.2) is 38.1 Å². The Morgan fingerprint density at radius 3 is 2.50 bits per heavy atom. The van der Waals surface area contributed by atoms with Crippen molar-refractivity contribution in [1.82, 2.24) is 14.8 Å². The van der Waals surface area contributed by atoms with E-state index in [0.717, 1.165) is 25.0 Å². The number of ether oxygens (including phenoxy) is 1. The minimum atomic E-state index is -4.80. The molecule has 1 aliphatic carbocycles. The van der Waals surface area contributed by atoms with Gasteiger partial charge in [-0.1, -0.05) is 17.7 Å². The number of para-hydroxylation sites is 1. The Morgan fingerprint density at radius 2 is 1.92 bits per heavy atom. The van der Waals surface area contributed by atoms with E-state index in [2.05, 4.69) is 15.4 Å². The number of nitrogens with one attached hydrogen (secondary N) is 1. The molecule has 2 atom stereocenters. The molecule has 2 aromatic carbocycles. The average Bonchev–Trinajstić information content (AvgIpc) is 3.54. The van der Waals surface area contributed by atoms with Gasteiger partial charge in [-0.2, -0.15) is 18.3 Å². The standard InChI is InChI=1S/C23H20ClF5N4O3/c1-10(34)21-31-20(32-33(21)12-6-7-12)13-9-18(36-11(2)23(27,28)29)14(8-17(13)26)22(35)30-19-15(24)4-3-5-16(19)25/h3-5,8-12,34H,6-7H2,1-2H3,(H,30,35)/t10-,11+/m1/s1. The van der Waals surface area contributed by atoms with Gasteiger partial charge >= 0.3 is 6.18 Å². The molecule has 1 amide bonds. The Hall–Kier alpha value is -3.25. The maximum Gasteiger partial charge on any atom is 0.425 e. The van der Waals surface area contributed by atoms with E-state index in [0.29, 0.717) is 13.0 Å². The van der Waals surface area contributed by atoms with Crippen LogP contribution in [0.4, 0.5) is 27.6 Å². The summed E-state index contributed by atoms with van der Waals surface area (Å²) >= 11 is 5.91. The van der Waals surface area contributed by atoms with Gasteiger partial charge < -0.3 is 15.2 Å². The molecule has 0 radical (unpaired) electrons. The van der Waals surface area contributed by atoms with Crippen molar-refractivity contribution in [3.05, 3.63) is 58.4 Å². The van der Waals surface area contributed by atoms with Gasteiger partial charge in [0.2, 0.25) is 0 Å². The Kier molecular flexibility index (Phi) is 6.93. The van der Waals surface area contributed by atoms with Gasteiger partial charge in [0, 0.05) is 0 Å². The van der Waals surface area contributed by atoms with Crippen LogP contribution in [0.5, 0.6) is 5.75 Å². The van der Waals surface area contributed by atoms with Gasteiger partial charge in [-0.05, 0) is 51.0 Å². The highest BCUT2D eigenvalue weighted by Crippen LogP contribution is 2.38. The van der Waals surface area contributed by atoms with Crippen molar-refractivity contribution in [1.29, 1.82) is 0 Å². The van der Waals surface area contributed by atoms with Gasteiger partial charge in [0.25, 0.3) is 5.91 Å². The number of aliphatic hydroxyl groups is 1. The number of halogens is 6. The molecule has 3 aromatic rings. The molecule has 1 fully saturated rings. The van der Waals surface area contributed by atoms with E-state index in [4.69, 9.17) is 16.3 Å². The minimum absolute atomic E-state index is 0.0320. The molecular formula is C23H20ClF5N4O3. The van der Waals surface area contributed by atoms with Crippen LogP contribution >= 0.6 is 11.6 Å². The van der Waals surface area contributed by atoms with Crippen molar-refractivity contribution in [2.24, 2.45) is 0 Å². The molecule has 192 valence electrons. The van der Waals surface area contributed by atoms with Gasteiger partial charge in [0.15, 0.2) is 17.8 Å². The van der Waals surface area contributed by atoms with Crippen LogP contribution in [0.3, 0.4) is 0 Å². The smallest absolute Gasteiger partial charge is 0.425 e. The van der Waals surface area contributed by atoms with E-state index >= 15 is 4.39 Å². The summed E-state index contributed by atoms with van der Waals surface area (Å²) in [6.07, 6.45) is -6.65. The number of aromatic nitrogens is 3. The zero-order chi connectivity index (χ0) is 26.4.